The molecule has 196 valence electrons. The van der Waals surface area contributed by atoms with Gasteiger partial charge in [0, 0.05) is 19.0 Å². The number of ether oxygens (including phenoxy) is 1. The molecule has 0 bridgehead atoms. The number of unbranched alkanes of at least 4 members (excludes halogenated alkanes) is 3. The molecule has 3 rings (SSSR count). The number of carbonyl (C=O) groups excluding carboxylic acids is 1. The lowest BCUT2D eigenvalue weighted by Crippen LogP contribution is -2.40. The van der Waals surface area contributed by atoms with Crippen molar-refractivity contribution < 1.29 is 19.4 Å². The molecule has 6 heteroatoms. The van der Waals surface area contributed by atoms with E-state index in [-0.39, 0.29) is 18.4 Å². The highest BCUT2D eigenvalue weighted by molar-refractivity contribution is 5.78. The summed E-state index contributed by atoms with van der Waals surface area (Å²) in [6.45, 7) is 4.03. The Kier molecular flexibility index (Phi) is 11.7. The second kappa shape index (κ2) is 15.5. The summed E-state index contributed by atoms with van der Waals surface area (Å²) in [6.07, 6.45) is 4.26. The van der Waals surface area contributed by atoms with Crippen LogP contribution in [-0.2, 0) is 22.6 Å². The molecule has 0 radical (unpaired) electrons. The van der Waals surface area contributed by atoms with Crippen LogP contribution in [0.5, 0.6) is 5.75 Å². The topological polar surface area (TPSA) is 87.7 Å². The molecule has 0 saturated carbocycles. The largest absolute Gasteiger partial charge is 0.489 e. The maximum atomic E-state index is 12.4. The summed E-state index contributed by atoms with van der Waals surface area (Å²) in [5.74, 6) is 0.0358. The first kappa shape index (κ1) is 27.9. The van der Waals surface area contributed by atoms with Gasteiger partial charge in [0.2, 0.25) is 5.91 Å². The third-order valence-electron chi connectivity index (χ3n) is 6.14. The van der Waals surface area contributed by atoms with Crippen molar-refractivity contribution in [3.05, 3.63) is 90.0 Å². The highest BCUT2D eigenvalue weighted by Crippen LogP contribution is 2.25. The van der Waals surface area contributed by atoms with E-state index in [9.17, 15) is 9.59 Å². The van der Waals surface area contributed by atoms with Crippen LogP contribution in [0.3, 0.4) is 0 Å². The average Bonchev–Trinajstić information content (AvgIpc) is 2.90. The SMILES string of the molecule is CC(CNCCCCCCC(=O)O)NC(=O)Cc1ccc(OCc2ccccc2-c2ccccc2)cc1. The van der Waals surface area contributed by atoms with Crippen molar-refractivity contribution in [2.24, 2.45) is 0 Å². The number of aliphatic carboxylic acids is 1. The average molecular weight is 503 g/mol. The summed E-state index contributed by atoms with van der Waals surface area (Å²) in [4.78, 5) is 22.9. The minimum absolute atomic E-state index is 0.00609. The van der Waals surface area contributed by atoms with Gasteiger partial charge in [0.1, 0.15) is 12.4 Å². The molecule has 1 atom stereocenters. The molecule has 0 heterocycles. The Balaban J connectivity index is 1.35. The summed E-state index contributed by atoms with van der Waals surface area (Å²) in [5.41, 5.74) is 4.39. The third kappa shape index (κ3) is 10.5. The van der Waals surface area contributed by atoms with E-state index < -0.39 is 5.97 Å². The number of carboxylic acids is 1. The minimum atomic E-state index is -0.729. The lowest BCUT2D eigenvalue weighted by atomic mass is 10.0. The van der Waals surface area contributed by atoms with Gasteiger partial charge < -0.3 is 20.5 Å². The molecule has 0 spiro atoms. The van der Waals surface area contributed by atoms with E-state index in [0.29, 0.717) is 19.6 Å². The van der Waals surface area contributed by atoms with E-state index in [4.69, 9.17) is 9.84 Å². The molecular weight excluding hydrogens is 464 g/mol. The van der Waals surface area contributed by atoms with Gasteiger partial charge in [-0.05, 0) is 60.7 Å². The maximum Gasteiger partial charge on any atom is 0.303 e. The van der Waals surface area contributed by atoms with Crippen LogP contribution in [0, 0.1) is 0 Å². The van der Waals surface area contributed by atoms with E-state index in [1.807, 2.05) is 61.5 Å². The number of nitrogens with one attached hydrogen (secondary N) is 2. The number of amides is 1. The Morgan fingerprint density at radius 1 is 0.865 bits per heavy atom. The first-order chi connectivity index (χ1) is 18.0. The number of benzene rings is 3. The van der Waals surface area contributed by atoms with Gasteiger partial charge in [0.15, 0.2) is 0 Å². The molecule has 0 aliphatic rings. The van der Waals surface area contributed by atoms with Crippen LogP contribution in [0.1, 0.15) is 50.2 Å². The molecular formula is C31H38N2O4. The second-order valence-corrected chi connectivity index (χ2v) is 9.36. The van der Waals surface area contributed by atoms with Crippen LogP contribution >= 0.6 is 0 Å². The fraction of sp³-hybridized carbons (Fsp3) is 0.355. The van der Waals surface area contributed by atoms with Crippen molar-refractivity contribution in [2.75, 3.05) is 13.1 Å². The number of carboxylic acid groups (broad SMARTS) is 1. The lowest BCUT2D eigenvalue weighted by molar-refractivity contribution is -0.137. The Morgan fingerprint density at radius 2 is 1.57 bits per heavy atom. The Morgan fingerprint density at radius 3 is 2.32 bits per heavy atom. The molecule has 3 N–H and O–H groups in total. The number of hydrogen-bond donors (Lipinski definition) is 3. The Bertz CT molecular complexity index is 1100. The normalized spacial score (nSPS) is 11.6. The monoisotopic (exact) mass is 502 g/mol. The fourth-order valence-corrected chi connectivity index (χ4v) is 4.17. The predicted octanol–water partition coefficient (Wildman–Crippen LogP) is 5.60. The third-order valence-corrected chi connectivity index (χ3v) is 6.14. The quantitative estimate of drug-likeness (QED) is 0.222. The molecule has 0 aliphatic carbocycles. The van der Waals surface area contributed by atoms with Crippen molar-refractivity contribution in [2.45, 2.75) is 58.1 Å². The van der Waals surface area contributed by atoms with Crippen molar-refractivity contribution in [1.29, 1.82) is 0 Å². The van der Waals surface area contributed by atoms with Gasteiger partial charge in [-0.2, -0.15) is 0 Å². The van der Waals surface area contributed by atoms with Gasteiger partial charge in [0.05, 0.1) is 6.42 Å². The van der Waals surface area contributed by atoms with E-state index in [2.05, 4.69) is 34.9 Å². The molecule has 0 saturated heterocycles. The number of hydrogen-bond acceptors (Lipinski definition) is 4. The zero-order valence-electron chi connectivity index (χ0n) is 21.6. The highest BCUT2D eigenvalue weighted by atomic mass is 16.5. The van der Waals surface area contributed by atoms with E-state index >= 15 is 0 Å². The molecule has 37 heavy (non-hydrogen) atoms. The summed E-state index contributed by atoms with van der Waals surface area (Å²) >= 11 is 0. The molecule has 0 fully saturated rings. The van der Waals surface area contributed by atoms with Crippen molar-refractivity contribution in [3.8, 4) is 16.9 Å². The lowest BCUT2D eigenvalue weighted by Gasteiger charge is -2.15. The smallest absolute Gasteiger partial charge is 0.303 e. The Labute approximate surface area is 220 Å². The van der Waals surface area contributed by atoms with Gasteiger partial charge in [-0.25, -0.2) is 0 Å². The first-order valence-electron chi connectivity index (χ1n) is 13.1. The number of carbonyl (C=O) groups is 2. The van der Waals surface area contributed by atoms with E-state index in [0.717, 1.165) is 54.7 Å². The highest BCUT2D eigenvalue weighted by Gasteiger charge is 2.09. The Hall–Kier alpha value is -3.64. The molecule has 6 nitrogen and oxygen atoms in total. The summed E-state index contributed by atoms with van der Waals surface area (Å²) < 4.78 is 6.04. The van der Waals surface area contributed by atoms with Crippen LogP contribution in [0.2, 0.25) is 0 Å². The van der Waals surface area contributed by atoms with Gasteiger partial charge in [-0.15, -0.1) is 0 Å². The van der Waals surface area contributed by atoms with E-state index in [1.54, 1.807) is 0 Å². The molecule has 3 aromatic rings. The van der Waals surface area contributed by atoms with Crippen LogP contribution in [0.25, 0.3) is 11.1 Å². The molecule has 1 unspecified atom stereocenters. The van der Waals surface area contributed by atoms with Crippen molar-refractivity contribution >= 4 is 11.9 Å². The summed E-state index contributed by atoms with van der Waals surface area (Å²) in [7, 11) is 0. The van der Waals surface area contributed by atoms with Crippen LogP contribution in [0.4, 0.5) is 0 Å². The van der Waals surface area contributed by atoms with Crippen LogP contribution in [0.15, 0.2) is 78.9 Å². The van der Waals surface area contributed by atoms with Crippen LogP contribution in [-0.4, -0.2) is 36.1 Å². The fourth-order valence-electron chi connectivity index (χ4n) is 4.17. The molecule has 1 amide bonds. The van der Waals surface area contributed by atoms with Crippen molar-refractivity contribution in [3.63, 3.8) is 0 Å². The summed E-state index contributed by atoms with van der Waals surface area (Å²) in [6, 6.07) is 26.3. The van der Waals surface area contributed by atoms with Gasteiger partial charge in [0.25, 0.3) is 0 Å². The molecule has 0 aromatic heterocycles. The first-order valence-corrected chi connectivity index (χ1v) is 13.1. The number of rotatable bonds is 16. The maximum absolute atomic E-state index is 12.4. The molecule has 0 aliphatic heterocycles. The summed E-state index contributed by atoms with van der Waals surface area (Å²) in [5, 5.41) is 15.0. The minimum Gasteiger partial charge on any atom is -0.489 e. The van der Waals surface area contributed by atoms with Crippen LogP contribution < -0.4 is 15.4 Å². The standard InChI is InChI=1S/C31H38N2O4/c1-24(22-32-20-10-3-2-7-15-31(35)36)33-30(34)21-25-16-18-28(19-17-25)37-23-27-13-8-9-14-29(27)26-11-5-4-6-12-26/h4-6,8-9,11-14,16-19,24,32H,2-3,7,10,15,20-23H2,1H3,(H,33,34)(H,35,36). The van der Waals surface area contributed by atoms with E-state index in [1.165, 1.54) is 5.56 Å². The second-order valence-electron chi connectivity index (χ2n) is 9.36. The van der Waals surface area contributed by atoms with Crippen molar-refractivity contribution in [1.82, 2.24) is 10.6 Å². The molecule has 3 aromatic carbocycles. The predicted molar refractivity (Wildman–Crippen MR) is 148 cm³/mol. The zero-order chi connectivity index (χ0) is 26.3. The van der Waals surface area contributed by atoms with Gasteiger partial charge >= 0.3 is 5.97 Å². The zero-order valence-corrected chi connectivity index (χ0v) is 21.6. The van der Waals surface area contributed by atoms with Gasteiger partial charge in [-0.1, -0.05) is 79.6 Å². The van der Waals surface area contributed by atoms with Gasteiger partial charge in [-0.3, -0.25) is 9.59 Å².